The van der Waals surface area contributed by atoms with Crippen LogP contribution in [0.4, 0.5) is 39.5 Å². The van der Waals surface area contributed by atoms with Gasteiger partial charge in [0.25, 0.3) is 0 Å². The summed E-state index contributed by atoms with van der Waals surface area (Å²) in [6.45, 7) is 2.52. The van der Waals surface area contributed by atoms with E-state index in [4.69, 9.17) is 0 Å². The fourth-order valence-electron chi connectivity index (χ4n) is 3.99. The van der Waals surface area contributed by atoms with Gasteiger partial charge in [-0.05, 0) is 26.8 Å². The zero-order chi connectivity index (χ0) is 25.6. The summed E-state index contributed by atoms with van der Waals surface area (Å²) in [6, 6.07) is 8.38. The zero-order valence-corrected chi connectivity index (χ0v) is 18.2. The minimum atomic E-state index is -4.95. The van der Waals surface area contributed by atoms with Crippen molar-refractivity contribution >= 4 is 23.1 Å². The minimum Gasteiger partial charge on any atom is -0.166 e. The summed E-state index contributed by atoms with van der Waals surface area (Å²) in [5, 5.41) is 0. The Labute approximate surface area is 190 Å². The van der Waals surface area contributed by atoms with E-state index < -0.39 is 52.9 Å². The lowest BCUT2D eigenvalue weighted by Gasteiger charge is -2.26. The summed E-state index contributed by atoms with van der Waals surface area (Å²) in [7, 11) is 0. The highest BCUT2D eigenvalue weighted by Crippen LogP contribution is 2.32. The molecule has 0 spiro atoms. The zero-order valence-electron chi connectivity index (χ0n) is 18.2. The number of alkyl halides is 9. The molecule has 0 atom stereocenters. The Balaban J connectivity index is 2.51. The van der Waals surface area contributed by atoms with Gasteiger partial charge in [-0.25, -0.2) is 0 Å². The van der Waals surface area contributed by atoms with E-state index in [1.54, 1.807) is 0 Å². The molecule has 0 N–H and O–H groups in total. The molecule has 34 heavy (non-hydrogen) atoms. The van der Waals surface area contributed by atoms with Gasteiger partial charge >= 0.3 is 18.5 Å². The molecule has 0 aliphatic rings. The van der Waals surface area contributed by atoms with E-state index in [1.807, 2.05) is 0 Å². The average Bonchev–Trinajstić information content (AvgIpc) is 2.67. The Morgan fingerprint density at radius 1 is 0.500 bits per heavy atom. The summed E-state index contributed by atoms with van der Waals surface area (Å²) < 4.78 is 124. The quantitative estimate of drug-likeness (QED) is 0.305. The van der Waals surface area contributed by atoms with E-state index in [0.717, 1.165) is 48.5 Å². The van der Waals surface area contributed by atoms with Gasteiger partial charge in [0.15, 0.2) is 0 Å². The van der Waals surface area contributed by atoms with Crippen LogP contribution in [0.5, 0.6) is 0 Å². The maximum atomic E-state index is 14.0. The molecule has 0 amide bonds. The van der Waals surface area contributed by atoms with Gasteiger partial charge in [0.1, 0.15) is 0 Å². The summed E-state index contributed by atoms with van der Waals surface area (Å²) >= 11 is 0. The van der Waals surface area contributed by atoms with E-state index in [-0.39, 0.29) is 11.0 Å². The molecule has 0 unspecified atom stereocenters. The van der Waals surface area contributed by atoms with Gasteiger partial charge in [-0.3, -0.25) is 0 Å². The van der Waals surface area contributed by atoms with Gasteiger partial charge in [-0.15, -0.1) is 0 Å². The number of hydrogen-bond acceptors (Lipinski definition) is 0. The van der Waals surface area contributed by atoms with Crippen LogP contribution >= 0.6 is 0 Å². The third-order valence-electron chi connectivity index (χ3n) is 5.56. The van der Waals surface area contributed by atoms with Crippen molar-refractivity contribution in [1.29, 1.82) is 0 Å². The number of halogens is 9. The van der Waals surface area contributed by atoms with Gasteiger partial charge in [0.05, 0.1) is 16.7 Å². The molecule has 0 aliphatic heterocycles. The molecule has 3 aromatic rings. The van der Waals surface area contributed by atoms with Gasteiger partial charge in [-0.1, -0.05) is 81.6 Å². The van der Waals surface area contributed by atoms with Gasteiger partial charge in [-0.2, -0.15) is 39.5 Å². The summed E-state index contributed by atoms with van der Waals surface area (Å²) in [6.07, 6.45) is -14.7. The third-order valence-corrected chi connectivity index (χ3v) is 5.56. The highest BCUT2D eigenvalue weighted by atomic mass is 19.4. The Kier molecular flexibility index (Phi) is 6.58. The van der Waals surface area contributed by atoms with Gasteiger partial charge in [0.2, 0.25) is 6.71 Å². The highest BCUT2D eigenvalue weighted by Gasteiger charge is 2.42. The smallest absolute Gasteiger partial charge is 0.166 e. The van der Waals surface area contributed by atoms with Crippen LogP contribution in [-0.2, 0) is 18.5 Å². The predicted molar refractivity (Wildman–Crippen MR) is 113 cm³/mol. The average molecular weight is 488 g/mol. The number of rotatable bonds is 3. The summed E-state index contributed by atoms with van der Waals surface area (Å²) in [5.41, 5.74) is -4.22. The van der Waals surface area contributed by atoms with Crippen LogP contribution in [0.15, 0.2) is 54.6 Å². The maximum Gasteiger partial charge on any atom is 0.416 e. The van der Waals surface area contributed by atoms with E-state index in [2.05, 4.69) is 0 Å². The van der Waals surface area contributed by atoms with Crippen LogP contribution < -0.4 is 16.4 Å². The first-order chi connectivity index (χ1) is 15.5. The van der Waals surface area contributed by atoms with Gasteiger partial charge in [0, 0.05) is 0 Å². The molecular weight excluding hydrogens is 470 g/mol. The van der Waals surface area contributed by atoms with Crippen LogP contribution in [0.2, 0.25) is 0 Å². The first-order valence-electron chi connectivity index (χ1n) is 10.0. The SMILES string of the molecule is Cc1ccc(C(F)(F)F)c(B(c2cc(C(F)(F)F)ccc2C)c2cc(C)ccc2C(F)(F)F)c1. The number of aryl methyl sites for hydroxylation is 3. The molecule has 0 saturated carbocycles. The predicted octanol–water partition coefficient (Wildman–Crippen LogP) is 6.18. The second-order valence-electron chi connectivity index (χ2n) is 8.18. The molecule has 180 valence electrons. The molecule has 0 aromatic heterocycles. The molecule has 10 heteroatoms. The van der Waals surface area contributed by atoms with Crippen LogP contribution in [-0.4, -0.2) is 6.71 Å². The van der Waals surface area contributed by atoms with Crippen molar-refractivity contribution in [3.05, 3.63) is 88.0 Å². The van der Waals surface area contributed by atoms with Crippen LogP contribution in [0, 0.1) is 20.8 Å². The molecule has 3 aromatic carbocycles. The largest absolute Gasteiger partial charge is 0.416 e. The van der Waals surface area contributed by atoms with Crippen molar-refractivity contribution in [3.8, 4) is 0 Å². The second-order valence-corrected chi connectivity index (χ2v) is 8.18. The van der Waals surface area contributed by atoms with Crippen molar-refractivity contribution < 1.29 is 39.5 Å². The lowest BCUT2D eigenvalue weighted by molar-refractivity contribution is -0.138. The van der Waals surface area contributed by atoms with Crippen molar-refractivity contribution in [2.45, 2.75) is 39.3 Å². The summed E-state index contributed by atoms with van der Waals surface area (Å²) in [5.74, 6) is 0. The number of hydrogen-bond donors (Lipinski definition) is 0. The van der Waals surface area contributed by atoms with Crippen LogP contribution in [0.3, 0.4) is 0 Å². The first-order valence-corrected chi connectivity index (χ1v) is 10.0. The van der Waals surface area contributed by atoms with Crippen molar-refractivity contribution in [2.24, 2.45) is 0 Å². The molecule has 0 radical (unpaired) electrons. The number of benzene rings is 3. The van der Waals surface area contributed by atoms with Crippen LogP contribution in [0.1, 0.15) is 33.4 Å². The lowest BCUT2D eigenvalue weighted by atomic mass is 9.34. The van der Waals surface area contributed by atoms with E-state index >= 15 is 0 Å². The molecular formula is C24H18BF9. The first kappa shape index (κ1) is 25.7. The standard InChI is InChI=1S/C24H18BF9/c1-13-4-8-17(23(29,30)31)20(10-13)25(19-12-16(22(26,27)28)7-6-15(19)3)21-11-14(2)5-9-18(21)24(32,33)34/h4-12H,1-3H3. The molecule has 0 fully saturated rings. The normalized spacial score (nSPS) is 12.7. The van der Waals surface area contributed by atoms with E-state index in [0.29, 0.717) is 17.2 Å². The molecule has 0 aliphatic carbocycles. The monoisotopic (exact) mass is 488 g/mol. The molecule has 0 bridgehead atoms. The van der Waals surface area contributed by atoms with Crippen molar-refractivity contribution in [2.75, 3.05) is 0 Å². The maximum absolute atomic E-state index is 14.0. The second kappa shape index (κ2) is 8.71. The van der Waals surface area contributed by atoms with Crippen LogP contribution in [0.25, 0.3) is 0 Å². The van der Waals surface area contributed by atoms with Gasteiger partial charge < -0.3 is 0 Å². The highest BCUT2D eigenvalue weighted by molar-refractivity contribution is 6.96. The Morgan fingerprint density at radius 2 is 0.941 bits per heavy atom. The Morgan fingerprint density at radius 3 is 1.32 bits per heavy atom. The molecule has 0 saturated heterocycles. The Bertz CT molecular complexity index is 1140. The van der Waals surface area contributed by atoms with Crippen molar-refractivity contribution in [3.63, 3.8) is 0 Å². The van der Waals surface area contributed by atoms with E-state index in [9.17, 15) is 39.5 Å². The van der Waals surface area contributed by atoms with E-state index in [1.165, 1.54) is 20.8 Å². The fourth-order valence-corrected chi connectivity index (χ4v) is 3.99. The molecule has 0 heterocycles. The topological polar surface area (TPSA) is 0 Å². The minimum absolute atomic E-state index is 0.127. The van der Waals surface area contributed by atoms with Crippen molar-refractivity contribution in [1.82, 2.24) is 0 Å². The lowest BCUT2D eigenvalue weighted by Crippen LogP contribution is -2.57. The Hall–Kier alpha value is -2.91. The summed E-state index contributed by atoms with van der Waals surface area (Å²) in [4.78, 5) is 0. The third kappa shape index (κ3) is 5.26. The molecule has 3 rings (SSSR count). The fraction of sp³-hybridized carbons (Fsp3) is 0.250. The molecule has 0 nitrogen and oxygen atoms in total.